The van der Waals surface area contributed by atoms with Gasteiger partial charge in [-0.05, 0) is 6.92 Å². The van der Waals surface area contributed by atoms with E-state index in [2.05, 4.69) is 15.4 Å². The average molecular weight is 303 g/mol. The summed E-state index contributed by atoms with van der Waals surface area (Å²) in [6.07, 6.45) is -5.59. The Morgan fingerprint density at radius 1 is 1.38 bits per heavy atom. The molecule has 0 saturated carbocycles. The second-order valence-corrected chi connectivity index (χ2v) is 4.65. The summed E-state index contributed by atoms with van der Waals surface area (Å²) in [6, 6.07) is 0. The number of nitrogens with zero attached hydrogens (tertiary/aromatic N) is 1. The fraction of sp³-hybridized carbons (Fsp3) is 0.636. The van der Waals surface area contributed by atoms with E-state index < -0.39 is 43.0 Å². The maximum atomic E-state index is 11.1. The number of aryl methyl sites for hydroxylation is 1. The van der Waals surface area contributed by atoms with Gasteiger partial charge in [0.05, 0.1) is 6.61 Å². The van der Waals surface area contributed by atoms with Crippen molar-refractivity contribution in [2.24, 2.45) is 0 Å². The van der Waals surface area contributed by atoms with Gasteiger partial charge in [-0.25, -0.2) is 15.1 Å². The molecule has 2 heterocycles. The monoisotopic (exact) mass is 303 g/mol. The number of aromatic nitrogens is 2. The Labute approximate surface area is 118 Å². The Morgan fingerprint density at radius 3 is 2.76 bits per heavy atom. The van der Waals surface area contributed by atoms with Gasteiger partial charge in [0.15, 0.2) is 5.82 Å². The molecule has 0 radical (unpaired) electrons. The summed E-state index contributed by atoms with van der Waals surface area (Å²) >= 11 is 0. The van der Waals surface area contributed by atoms with Crippen LogP contribution in [0.3, 0.4) is 0 Å². The Morgan fingerprint density at radius 2 is 2.10 bits per heavy atom. The molecule has 1 aliphatic rings. The molecule has 10 nitrogen and oxygen atoms in total. The van der Waals surface area contributed by atoms with Crippen LogP contribution in [0, 0.1) is 6.92 Å². The predicted octanol–water partition coefficient (Wildman–Crippen LogP) is -2.78. The summed E-state index contributed by atoms with van der Waals surface area (Å²) in [4.78, 5) is 22.1. The third kappa shape index (κ3) is 3.37. The first-order valence-corrected chi connectivity index (χ1v) is 6.22. The molecule has 1 saturated heterocycles. The fourth-order valence-electron chi connectivity index (χ4n) is 1.84. The minimum absolute atomic E-state index is 0.107. The third-order valence-electron chi connectivity index (χ3n) is 3.12. The van der Waals surface area contributed by atoms with Crippen LogP contribution in [0.5, 0.6) is 0 Å². The summed E-state index contributed by atoms with van der Waals surface area (Å²) in [5, 5.41) is 38.0. The predicted molar refractivity (Wildman–Crippen MR) is 68.1 cm³/mol. The maximum Gasteiger partial charge on any atom is 0.346 e. The highest BCUT2D eigenvalue weighted by molar-refractivity contribution is 5.38. The fourth-order valence-corrected chi connectivity index (χ4v) is 1.84. The van der Waals surface area contributed by atoms with Gasteiger partial charge in [-0.3, -0.25) is 0 Å². The Hall–Kier alpha value is -1.56. The van der Waals surface area contributed by atoms with E-state index in [4.69, 9.17) is 14.7 Å². The van der Waals surface area contributed by atoms with Crippen molar-refractivity contribution >= 4 is 5.82 Å². The quantitative estimate of drug-likeness (QED) is 0.324. The highest BCUT2D eigenvalue weighted by atomic mass is 16.8. The van der Waals surface area contributed by atoms with Crippen LogP contribution >= 0.6 is 0 Å². The summed E-state index contributed by atoms with van der Waals surface area (Å²) in [6.45, 7) is 1.09. The zero-order valence-electron chi connectivity index (χ0n) is 11.1. The molecule has 2 rings (SSSR count). The molecule has 118 valence electrons. The molecule has 0 bridgehead atoms. The number of aliphatic hydroxyl groups excluding tert-OH is 4. The molecular weight excluding hydrogens is 286 g/mol. The van der Waals surface area contributed by atoms with Gasteiger partial charge in [0, 0.05) is 11.8 Å². The molecule has 0 amide bonds. The number of ether oxygens (including phenoxy) is 1. The van der Waals surface area contributed by atoms with Crippen molar-refractivity contribution in [1.82, 2.24) is 9.97 Å². The number of nitrogens with one attached hydrogen (secondary N) is 2. The lowest BCUT2D eigenvalue weighted by Crippen LogP contribution is -2.59. The number of anilines is 1. The second-order valence-electron chi connectivity index (χ2n) is 4.65. The molecule has 0 aromatic carbocycles. The van der Waals surface area contributed by atoms with E-state index in [0.29, 0.717) is 5.56 Å². The number of aliphatic hydroxyl groups is 4. The van der Waals surface area contributed by atoms with Crippen LogP contribution in [-0.4, -0.2) is 67.7 Å². The number of rotatable bonds is 4. The summed E-state index contributed by atoms with van der Waals surface area (Å²) < 4.78 is 5.11. The standard InChI is InChI=1S/C11H17N3O7/c1-4-2-12-11(19)13-9(4)14-21-10-8(18)7(17)6(16)5(3-15)20-10/h2,5-8,10,15-18H,3H2,1H3,(H2,12,13,14,19)/t5-,6-,7+,8-,10+/m1/s1. The molecule has 1 aliphatic heterocycles. The topological polar surface area (TPSA) is 157 Å². The van der Waals surface area contributed by atoms with Crippen molar-refractivity contribution < 1.29 is 30.0 Å². The molecule has 0 aliphatic carbocycles. The van der Waals surface area contributed by atoms with Gasteiger partial charge >= 0.3 is 5.69 Å². The SMILES string of the molecule is Cc1c[nH]c(=O)nc1NO[C@@H]1O[C@H](CO)[C@@H](O)[C@H](O)[C@H]1O. The van der Waals surface area contributed by atoms with Gasteiger partial charge in [0.1, 0.15) is 24.4 Å². The summed E-state index contributed by atoms with van der Waals surface area (Å²) in [7, 11) is 0. The number of hydrogen-bond donors (Lipinski definition) is 6. The Balaban J connectivity index is 2.05. The molecule has 10 heteroatoms. The van der Waals surface area contributed by atoms with Crippen LogP contribution in [-0.2, 0) is 9.57 Å². The van der Waals surface area contributed by atoms with E-state index in [1.807, 2.05) is 0 Å². The van der Waals surface area contributed by atoms with Gasteiger partial charge in [0.25, 0.3) is 0 Å². The van der Waals surface area contributed by atoms with Crippen LogP contribution < -0.4 is 11.2 Å². The highest BCUT2D eigenvalue weighted by Gasteiger charge is 2.44. The van der Waals surface area contributed by atoms with E-state index in [0.717, 1.165) is 0 Å². The molecule has 1 aromatic rings. The van der Waals surface area contributed by atoms with E-state index in [-0.39, 0.29) is 5.82 Å². The average Bonchev–Trinajstić information content (AvgIpc) is 2.47. The molecule has 1 fully saturated rings. The summed E-state index contributed by atoms with van der Waals surface area (Å²) in [5.74, 6) is 0.107. The smallest absolute Gasteiger partial charge is 0.346 e. The minimum atomic E-state index is -1.55. The Kier molecular flexibility index (Phi) is 4.88. The van der Waals surface area contributed by atoms with Crippen LogP contribution in [0.15, 0.2) is 11.0 Å². The molecule has 6 N–H and O–H groups in total. The van der Waals surface area contributed by atoms with E-state index in [1.54, 1.807) is 6.92 Å². The van der Waals surface area contributed by atoms with Crippen LogP contribution in [0.4, 0.5) is 5.82 Å². The van der Waals surface area contributed by atoms with Gasteiger partial charge < -0.3 is 30.1 Å². The van der Waals surface area contributed by atoms with Crippen LogP contribution in [0.1, 0.15) is 5.56 Å². The number of aromatic amines is 1. The van der Waals surface area contributed by atoms with E-state index in [9.17, 15) is 20.1 Å². The molecular formula is C11H17N3O7. The van der Waals surface area contributed by atoms with Crippen molar-refractivity contribution in [3.63, 3.8) is 0 Å². The van der Waals surface area contributed by atoms with Crippen molar-refractivity contribution in [2.75, 3.05) is 12.1 Å². The van der Waals surface area contributed by atoms with Gasteiger partial charge in [-0.1, -0.05) is 0 Å². The number of hydrogen-bond acceptors (Lipinski definition) is 9. The normalized spacial score (nSPS) is 32.9. The molecule has 1 aromatic heterocycles. The van der Waals surface area contributed by atoms with Gasteiger partial charge in [-0.2, -0.15) is 4.98 Å². The largest absolute Gasteiger partial charge is 0.394 e. The van der Waals surface area contributed by atoms with Crippen LogP contribution in [0.2, 0.25) is 0 Å². The zero-order chi connectivity index (χ0) is 15.6. The molecule has 5 atom stereocenters. The van der Waals surface area contributed by atoms with Crippen molar-refractivity contribution in [3.8, 4) is 0 Å². The van der Waals surface area contributed by atoms with E-state index in [1.165, 1.54) is 6.20 Å². The van der Waals surface area contributed by atoms with Crippen molar-refractivity contribution in [1.29, 1.82) is 0 Å². The number of H-pyrrole nitrogens is 1. The lowest BCUT2D eigenvalue weighted by molar-refractivity contribution is -0.294. The molecule has 0 spiro atoms. The first-order chi connectivity index (χ1) is 9.93. The molecule has 21 heavy (non-hydrogen) atoms. The van der Waals surface area contributed by atoms with Crippen molar-refractivity contribution in [3.05, 3.63) is 22.2 Å². The lowest BCUT2D eigenvalue weighted by Gasteiger charge is -2.39. The second kappa shape index (κ2) is 6.47. The Bertz CT molecular complexity index is 535. The maximum absolute atomic E-state index is 11.1. The minimum Gasteiger partial charge on any atom is -0.394 e. The first-order valence-electron chi connectivity index (χ1n) is 6.22. The molecule has 0 unspecified atom stereocenters. The van der Waals surface area contributed by atoms with Gasteiger partial charge in [0.2, 0.25) is 6.29 Å². The first kappa shape index (κ1) is 15.8. The summed E-state index contributed by atoms with van der Waals surface area (Å²) in [5.41, 5.74) is 2.32. The van der Waals surface area contributed by atoms with Crippen molar-refractivity contribution in [2.45, 2.75) is 37.6 Å². The zero-order valence-corrected chi connectivity index (χ0v) is 11.1. The highest BCUT2D eigenvalue weighted by Crippen LogP contribution is 2.22. The van der Waals surface area contributed by atoms with E-state index >= 15 is 0 Å². The lowest BCUT2D eigenvalue weighted by atomic mass is 9.99. The third-order valence-corrected chi connectivity index (χ3v) is 3.12. The van der Waals surface area contributed by atoms with Gasteiger partial charge in [-0.15, -0.1) is 0 Å². The van der Waals surface area contributed by atoms with Crippen LogP contribution in [0.25, 0.3) is 0 Å².